The van der Waals surface area contributed by atoms with Gasteiger partial charge in [-0.15, -0.1) is 0 Å². The van der Waals surface area contributed by atoms with Crippen LogP contribution in [0, 0.1) is 11.8 Å². The van der Waals surface area contributed by atoms with Crippen molar-refractivity contribution >= 4 is 0 Å². The molecule has 0 saturated heterocycles. The quantitative estimate of drug-likeness (QED) is 0.590. The van der Waals surface area contributed by atoms with Gasteiger partial charge in [0.1, 0.15) is 0 Å². The molecule has 20 heavy (non-hydrogen) atoms. The molecule has 3 nitrogen and oxygen atoms in total. The van der Waals surface area contributed by atoms with Crippen LogP contribution in [0.4, 0.5) is 0 Å². The Bertz CT molecular complexity index is 133. The average molecular weight is 324 g/mol. The number of hydrogen-bond donors (Lipinski definition) is 2. The number of rotatable bonds is 10. The summed E-state index contributed by atoms with van der Waals surface area (Å²) < 4.78 is 8.25. The summed E-state index contributed by atoms with van der Waals surface area (Å²) in [5.41, 5.74) is 0. The molecule has 0 aliphatic rings. The maximum absolute atomic E-state index is 8.75. The minimum atomic E-state index is 0.372. The van der Waals surface area contributed by atoms with E-state index in [0.29, 0.717) is 25.0 Å². The molecule has 0 aromatic heterocycles. The molecule has 0 rings (SSSR count). The van der Waals surface area contributed by atoms with E-state index >= 15 is 0 Å². The zero-order chi connectivity index (χ0) is 16.2. The van der Waals surface area contributed by atoms with Gasteiger partial charge in [-0.25, -0.2) is 0 Å². The molecule has 0 saturated carbocycles. The third-order valence-electron chi connectivity index (χ3n) is 3.60. The van der Waals surface area contributed by atoms with E-state index in [4.69, 9.17) is 13.5 Å². The zero-order valence-corrected chi connectivity index (χ0v) is 15.6. The van der Waals surface area contributed by atoms with Gasteiger partial charge in [0.2, 0.25) is 0 Å². The molecule has 122 valence electrons. The molecule has 0 bridgehead atoms. The maximum atomic E-state index is 8.75. The minimum absolute atomic E-state index is 0.372. The van der Waals surface area contributed by atoms with E-state index in [2.05, 4.69) is 27.7 Å². The van der Waals surface area contributed by atoms with Crippen molar-refractivity contribution in [2.24, 2.45) is 11.8 Å². The van der Waals surface area contributed by atoms with Crippen LogP contribution in [0.2, 0.25) is 0 Å². The van der Waals surface area contributed by atoms with Crippen molar-refractivity contribution in [2.75, 3.05) is 13.2 Å². The third-order valence-corrected chi connectivity index (χ3v) is 3.60. The van der Waals surface area contributed by atoms with Crippen LogP contribution in [0.15, 0.2) is 0 Å². The summed E-state index contributed by atoms with van der Waals surface area (Å²) in [4.78, 5) is 0. The van der Waals surface area contributed by atoms with Crippen molar-refractivity contribution in [1.29, 1.82) is 0 Å². The van der Waals surface area contributed by atoms with Crippen LogP contribution in [0.1, 0.15) is 79.1 Å². The molecule has 0 aromatic rings. The Morgan fingerprint density at radius 3 is 1.20 bits per heavy atom. The molecular weight excluding hydrogens is 288 g/mol. The molecule has 4 heteroatoms. The van der Waals surface area contributed by atoms with E-state index < -0.39 is 0 Å². The van der Waals surface area contributed by atoms with E-state index in [-0.39, 0.29) is 0 Å². The first-order chi connectivity index (χ1) is 9.69. The molecule has 2 N–H and O–H groups in total. The summed E-state index contributed by atoms with van der Waals surface area (Å²) in [7, 11) is 0. The average Bonchev–Trinajstić information content (AvgIpc) is 2.52. The van der Waals surface area contributed by atoms with Gasteiger partial charge < -0.3 is 10.2 Å². The van der Waals surface area contributed by atoms with Crippen LogP contribution in [0.25, 0.3) is 0 Å². The molecule has 2 atom stereocenters. The Kier molecular flexibility index (Phi) is 31.0. The van der Waals surface area contributed by atoms with Crippen LogP contribution >= 0.6 is 0 Å². The number of unbranched alkanes of at least 4 members (excludes halogenated alkanes) is 2. The summed E-state index contributed by atoms with van der Waals surface area (Å²) in [6.07, 6.45) is 9.66. The van der Waals surface area contributed by atoms with E-state index in [1.807, 2.05) is 0 Å². The van der Waals surface area contributed by atoms with E-state index in [1.165, 1.54) is 38.5 Å². The third kappa shape index (κ3) is 20.7. The molecule has 0 amide bonds. The fraction of sp³-hybridized carbons (Fsp3) is 1.00. The van der Waals surface area contributed by atoms with Gasteiger partial charge in [-0.2, -0.15) is 0 Å². The summed E-state index contributed by atoms with van der Waals surface area (Å²) >= 11 is 0.750. The van der Waals surface area contributed by atoms with Crippen LogP contribution in [-0.4, -0.2) is 23.4 Å². The van der Waals surface area contributed by atoms with Crippen molar-refractivity contribution in [3.8, 4) is 0 Å². The van der Waals surface area contributed by atoms with Crippen molar-refractivity contribution < 1.29 is 33.9 Å². The molecule has 0 heterocycles. The molecule has 0 aromatic carbocycles. The molecule has 0 aliphatic heterocycles. The second kappa shape index (κ2) is 24.5. The van der Waals surface area contributed by atoms with Crippen LogP contribution in [-0.2, 0) is 23.7 Å². The Morgan fingerprint density at radius 1 is 0.750 bits per heavy atom. The van der Waals surface area contributed by atoms with Crippen molar-refractivity contribution in [1.82, 2.24) is 0 Å². The second-order valence-electron chi connectivity index (χ2n) is 5.20. The van der Waals surface area contributed by atoms with E-state index in [9.17, 15) is 0 Å². The van der Waals surface area contributed by atoms with E-state index in [1.54, 1.807) is 0 Å². The van der Waals surface area contributed by atoms with Crippen molar-refractivity contribution in [2.45, 2.75) is 79.1 Å². The topological polar surface area (TPSA) is 57.5 Å². The Balaban J connectivity index is -0.000000257. The van der Waals surface area contributed by atoms with Gasteiger partial charge in [0.05, 0.1) is 0 Å². The summed E-state index contributed by atoms with van der Waals surface area (Å²) in [6.45, 7) is 9.38. The monoisotopic (exact) mass is 324 g/mol. The van der Waals surface area contributed by atoms with Crippen LogP contribution in [0.3, 0.4) is 0 Å². The van der Waals surface area contributed by atoms with Crippen molar-refractivity contribution in [3.63, 3.8) is 0 Å². The number of hydrogen-bond acceptors (Lipinski definition) is 3. The normalized spacial score (nSPS) is 12.4. The fourth-order valence-electron chi connectivity index (χ4n) is 1.83. The SMILES string of the molecule is CCCCC(CC)CO.CCCCC(CC)CO.[O]=[Ti]. The predicted octanol–water partition coefficient (Wildman–Crippen LogP) is 4.27. The van der Waals surface area contributed by atoms with E-state index in [0.717, 1.165) is 33.2 Å². The van der Waals surface area contributed by atoms with Crippen molar-refractivity contribution in [3.05, 3.63) is 0 Å². The Hall–Kier alpha value is 0.434. The van der Waals surface area contributed by atoms with Gasteiger partial charge in [0, 0.05) is 13.2 Å². The first kappa shape index (κ1) is 25.4. The van der Waals surface area contributed by atoms with Gasteiger partial charge in [-0.3, -0.25) is 0 Å². The Morgan fingerprint density at radius 2 is 1.05 bits per heavy atom. The summed E-state index contributed by atoms with van der Waals surface area (Å²) in [6, 6.07) is 0. The summed E-state index contributed by atoms with van der Waals surface area (Å²) in [5.74, 6) is 1.12. The second-order valence-corrected chi connectivity index (χ2v) is 5.20. The standard InChI is InChI=1S/2C8H18O.O.Ti/c2*1-3-5-6-8(4-2)7-9;;/h2*8-9H,3-7H2,1-2H3;;. The molecule has 0 spiro atoms. The van der Waals surface area contributed by atoms with Gasteiger partial charge >= 0.3 is 23.7 Å². The first-order valence-electron chi connectivity index (χ1n) is 8.11. The van der Waals surface area contributed by atoms with Gasteiger partial charge in [-0.1, -0.05) is 66.2 Å². The molecule has 0 radical (unpaired) electrons. The van der Waals surface area contributed by atoms with Gasteiger partial charge in [-0.05, 0) is 24.7 Å². The van der Waals surface area contributed by atoms with Gasteiger partial charge in [0.25, 0.3) is 0 Å². The molecule has 2 unspecified atom stereocenters. The summed E-state index contributed by atoms with van der Waals surface area (Å²) in [5, 5.41) is 17.5. The first-order valence-corrected chi connectivity index (χ1v) is 8.75. The van der Waals surface area contributed by atoms with Gasteiger partial charge in [0.15, 0.2) is 0 Å². The number of aliphatic hydroxyl groups excluding tert-OH is 2. The number of aliphatic hydroxyl groups is 2. The predicted molar refractivity (Wildman–Crippen MR) is 81.5 cm³/mol. The molecule has 0 fully saturated rings. The fourth-order valence-corrected chi connectivity index (χ4v) is 1.83. The van der Waals surface area contributed by atoms with Crippen LogP contribution < -0.4 is 0 Å². The van der Waals surface area contributed by atoms with Crippen LogP contribution in [0.5, 0.6) is 0 Å². The molecule has 0 aliphatic carbocycles. The Labute approximate surface area is 138 Å². The zero-order valence-electron chi connectivity index (χ0n) is 14.0. The molecular formula is C16H36O3Ti.